The summed E-state index contributed by atoms with van der Waals surface area (Å²) >= 11 is 0. The van der Waals surface area contributed by atoms with Gasteiger partial charge in [-0.15, -0.1) is 0 Å². The van der Waals surface area contributed by atoms with E-state index in [2.05, 4.69) is 15.3 Å². The van der Waals surface area contributed by atoms with E-state index in [0.29, 0.717) is 31.4 Å². The van der Waals surface area contributed by atoms with Crippen molar-refractivity contribution in [3.05, 3.63) is 12.4 Å². The van der Waals surface area contributed by atoms with E-state index in [1.54, 1.807) is 32.6 Å². The molecule has 0 spiro atoms. The van der Waals surface area contributed by atoms with Crippen LogP contribution in [0.25, 0.3) is 0 Å². The average Bonchev–Trinajstić information content (AvgIpc) is 3.04. The second-order valence-corrected chi connectivity index (χ2v) is 14.5. The topological polar surface area (TPSA) is 137 Å². The van der Waals surface area contributed by atoms with Crippen LogP contribution in [0, 0.1) is 5.92 Å². The zero-order valence-electron chi connectivity index (χ0n) is 24.4. The first-order chi connectivity index (χ1) is 17.9. The van der Waals surface area contributed by atoms with Crippen molar-refractivity contribution in [3.63, 3.8) is 0 Å². The maximum absolute atomic E-state index is 12.9. The third-order valence-electron chi connectivity index (χ3n) is 7.41. The monoisotopic (exact) mass is 566 g/mol. The molecule has 11 nitrogen and oxygen atoms in total. The SMILES string of the molecule is C[C@@H](NC(=O)OC(C)(C)C)C(=O)N1CCC[C@H](CCCS(=O)(=O)c2ncc(B3OC(C)(C)C(C)(C)O3)cn2)C1. The number of rotatable bonds is 8. The fourth-order valence-corrected chi connectivity index (χ4v) is 5.72. The van der Waals surface area contributed by atoms with Gasteiger partial charge in [0.15, 0.2) is 0 Å². The number of piperidine rings is 1. The molecule has 2 fully saturated rings. The molecule has 39 heavy (non-hydrogen) atoms. The molecule has 13 heteroatoms. The lowest BCUT2D eigenvalue weighted by Crippen LogP contribution is -2.50. The largest absolute Gasteiger partial charge is 0.498 e. The zero-order valence-corrected chi connectivity index (χ0v) is 25.3. The lowest BCUT2D eigenvalue weighted by atomic mass is 9.81. The first kappa shape index (κ1) is 31.3. The molecular formula is C26H43BN4O7S. The molecule has 0 bridgehead atoms. The Morgan fingerprint density at radius 1 is 1.18 bits per heavy atom. The van der Waals surface area contributed by atoms with Gasteiger partial charge in [-0.1, -0.05) is 0 Å². The molecular weight excluding hydrogens is 523 g/mol. The van der Waals surface area contributed by atoms with Crippen molar-refractivity contribution in [2.45, 2.75) is 109 Å². The third-order valence-corrected chi connectivity index (χ3v) is 9.00. The highest BCUT2D eigenvalue weighted by atomic mass is 32.2. The van der Waals surface area contributed by atoms with Crippen LogP contribution in [-0.2, 0) is 28.7 Å². The summed E-state index contributed by atoms with van der Waals surface area (Å²) in [6.45, 7) is 15.8. The molecule has 2 aliphatic rings. The third kappa shape index (κ3) is 8.14. The number of hydrogen-bond acceptors (Lipinski definition) is 9. The number of alkyl carbamates (subject to hydrolysis) is 1. The van der Waals surface area contributed by atoms with Crippen molar-refractivity contribution in [2.75, 3.05) is 18.8 Å². The van der Waals surface area contributed by atoms with E-state index >= 15 is 0 Å². The van der Waals surface area contributed by atoms with Gasteiger partial charge in [-0.25, -0.2) is 23.2 Å². The van der Waals surface area contributed by atoms with E-state index in [1.807, 2.05) is 27.7 Å². The van der Waals surface area contributed by atoms with Crippen molar-refractivity contribution in [1.29, 1.82) is 0 Å². The van der Waals surface area contributed by atoms with E-state index < -0.39 is 45.9 Å². The normalized spacial score (nSPS) is 21.9. The smallest absolute Gasteiger partial charge is 0.444 e. The van der Waals surface area contributed by atoms with Gasteiger partial charge in [-0.2, -0.15) is 0 Å². The average molecular weight is 567 g/mol. The Morgan fingerprint density at radius 2 is 1.77 bits per heavy atom. The van der Waals surface area contributed by atoms with Gasteiger partial charge >= 0.3 is 13.2 Å². The highest BCUT2D eigenvalue weighted by molar-refractivity contribution is 7.91. The fourth-order valence-electron chi connectivity index (χ4n) is 4.56. The van der Waals surface area contributed by atoms with Crippen LogP contribution < -0.4 is 10.8 Å². The Hall–Kier alpha value is -2.25. The second-order valence-electron chi connectivity index (χ2n) is 12.5. The quantitative estimate of drug-likeness (QED) is 0.372. The molecule has 2 saturated heterocycles. The van der Waals surface area contributed by atoms with Crippen LogP contribution in [0.4, 0.5) is 4.79 Å². The number of nitrogens with one attached hydrogen (secondary N) is 1. The number of hydrogen-bond donors (Lipinski definition) is 1. The summed E-state index contributed by atoms with van der Waals surface area (Å²) in [6.07, 6.45) is 5.08. The van der Waals surface area contributed by atoms with E-state index in [0.717, 1.165) is 12.8 Å². The Balaban J connectivity index is 1.49. The van der Waals surface area contributed by atoms with Gasteiger partial charge in [0.05, 0.1) is 17.0 Å². The lowest BCUT2D eigenvalue weighted by Gasteiger charge is -2.34. The summed E-state index contributed by atoms with van der Waals surface area (Å²) in [7, 11) is -4.33. The van der Waals surface area contributed by atoms with E-state index in [9.17, 15) is 18.0 Å². The molecule has 1 N–H and O–H groups in total. The summed E-state index contributed by atoms with van der Waals surface area (Å²) in [5.74, 6) is -0.0730. The van der Waals surface area contributed by atoms with Crippen LogP contribution >= 0.6 is 0 Å². The molecule has 1 aromatic heterocycles. The highest BCUT2D eigenvalue weighted by Gasteiger charge is 2.52. The van der Waals surface area contributed by atoms with Gasteiger partial charge in [-0.3, -0.25) is 4.79 Å². The Morgan fingerprint density at radius 3 is 2.33 bits per heavy atom. The summed E-state index contributed by atoms with van der Waals surface area (Å²) < 4.78 is 42.9. The van der Waals surface area contributed by atoms with Crippen molar-refractivity contribution in [3.8, 4) is 0 Å². The number of ether oxygens (including phenoxy) is 1. The van der Waals surface area contributed by atoms with Crippen molar-refractivity contribution in [2.24, 2.45) is 5.92 Å². The summed E-state index contributed by atoms with van der Waals surface area (Å²) in [5, 5.41) is 2.38. The fraction of sp³-hybridized carbons (Fsp3) is 0.769. The first-order valence-electron chi connectivity index (χ1n) is 13.6. The molecule has 0 unspecified atom stereocenters. The molecule has 3 rings (SSSR count). The summed E-state index contributed by atoms with van der Waals surface area (Å²) in [4.78, 5) is 34.8. The molecule has 2 aliphatic heterocycles. The minimum absolute atomic E-state index is 0.0795. The number of sulfone groups is 1. The van der Waals surface area contributed by atoms with E-state index in [1.165, 1.54) is 12.4 Å². The van der Waals surface area contributed by atoms with E-state index in [-0.39, 0.29) is 22.7 Å². The summed E-state index contributed by atoms with van der Waals surface area (Å²) in [5.41, 5.74) is -1.12. The number of amides is 2. The number of nitrogens with zero attached hydrogens (tertiary/aromatic N) is 3. The van der Waals surface area contributed by atoms with Gasteiger partial charge in [0.1, 0.15) is 11.6 Å². The molecule has 0 radical (unpaired) electrons. The van der Waals surface area contributed by atoms with Crippen LogP contribution in [0.1, 0.15) is 81.1 Å². The van der Waals surface area contributed by atoms with Crippen LogP contribution in [0.15, 0.2) is 17.6 Å². The van der Waals surface area contributed by atoms with Crippen LogP contribution in [-0.4, -0.2) is 84.1 Å². The maximum atomic E-state index is 12.9. The molecule has 0 aliphatic carbocycles. The Kier molecular flexibility index (Phi) is 9.39. The zero-order chi connectivity index (χ0) is 29.2. The van der Waals surface area contributed by atoms with Crippen LogP contribution in [0.5, 0.6) is 0 Å². The predicted octanol–water partition coefficient (Wildman–Crippen LogP) is 2.48. The number of likely N-dealkylation sites (tertiary alicyclic amines) is 1. The van der Waals surface area contributed by atoms with Crippen molar-refractivity contribution in [1.82, 2.24) is 20.2 Å². The molecule has 2 atom stereocenters. The van der Waals surface area contributed by atoms with Gasteiger partial charge < -0.3 is 24.3 Å². The minimum Gasteiger partial charge on any atom is -0.444 e. The Bertz CT molecular complexity index is 1120. The molecule has 218 valence electrons. The number of carbonyl (C=O) groups excluding carboxylic acids is 2. The first-order valence-corrected chi connectivity index (χ1v) is 15.2. The minimum atomic E-state index is -3.66. The molecule has 0 saturated carbocycles. The number of carbonyl (C=O) groups is 2. The van der Waals surface area contributed by atoms with Gasteiger partial charge in [0.25, 0.3) is 0 Å². The van der Waals surface area contributed by atoms with Crippen molar-refractivity contribution < 1.29 is 32.1 Å². The molecule has 2 amide bonds. The second kappa shape index (κ2) is 11.7. The van der Waals surface area contributed by atoms with Gasteiger partial charge in [-0.05, 0) is 87.0 Å². The standard InChI is InChI=1S/C26H43BN4O7S/c1-18(30-23(33)36-24(2,3)4)21(32)31-13-9-11-19(17-31)12-10-14-39(34,35)22-28-15-20(16-29-22)27-37-25(5,6)26(7,8)38-27/h15-16,18-19H,9-14,17H2,1-8H3,(H,30,33)/t18-,19-/m1/s1. The van der Waals surface area contributed by atoms with E-state index in [4.69, 9.17) is 14.0 Å². The predicted molar refractivity (Wildman–Crippen MR) is 147 cm³/mol. The van der Waals surface area contributed by atoms with Crippen molar-refractivity contribution >= 4 is 34.4 Å². The molecule has 1 aromatic rings. The maximum Gasteiger partial charge on any atom is 0.498 e. The molecule has 0 aromatic carbocycles. The van der Waals surface area contributed by atoms with Crippen LogP contribution in [0.3, 0.4) is 0 Å². The summed E-state index contributed by atoms with van der Waals surface area (Å²) in [6, 6.07) is -0.712. The highest BCUT2D eigenvalue weighted by Crippen LogP contribution is 2.36. The lowest BCUT2D eigenvalue weighted by molar-refractivity contribution is -0.134. The Labute approximate surface area is 232 Å². The van der Waals surface area contributed by atoms with Crippen LogP contribution in [0.2, 0.25) is 0 Å². The molecule has 3 heterocycles. The van der Waals surface area contributed by atoms with Gasteiger partial charge in [0, 0.05) is 30.9 Å². The number of aromatic nitrogens is 2. The van der Waals surface area contributed by atoms with Gasteiger partial charge in [0.2, 0.25) is 20.9 Å².